The molecule has 1 N–H and O–H groups in total. The van der Waals surface area contributed by atoms with E-state index in [2.05, 4.69) is 15.6 Å². The van der Waals surface area contributed by atoms with Gasteiger partial charge < -0.3 is 9.84 Å². The average molecular weight is 262 g/mol. The summed E-state index contributed by atoms with van der Waals surface area (Å²) < 4.78 is 6.83. The van der Waals surface area contributed by atoms with Gasteiger partial charge in [-0.2, -0.15) is 5.10 Å². The van der Waals surface area contributed by atoms with Crippen LogP contribution in [0.15, 0.2) is 16.9 Å². The number of hydrogen-bond donors (Lipinski definition) is 1. The van der Waals surface area contributed by atoms with Crippen LogP contribution in [0, 0.1) is 6.92 Å². The highest BCUT2D eigenvalue weighted by molar-refractivity contribution is 6.04. The Morgan fingerprint density at radius 3 is 2.84 bits per heavy atom. The predicted molar refractivity (Wildman–Crippen MR) is 71.2 cm³/mol. The van der Waals surface area contributed by atoms with Crippen LogP contribution in [0.2, 0.25) is 0 Å². The van der Waals surface area contributed by atoms with E-state index in [-0.39, 0.29) is 11.9 Å². The van der Waals surface area contributed by atoms with Crippen molar-refractivity contribution in [3.8, 4) is 0 Å². The first-order valence-corrected chi connectivity index (χ1v) is 6.33. The molecule has 0 aliphatic heterocycles. The van der Waals surface area contributed by atoms with E-state index in [1.54, 1.807) is 24.0 Å². The summed E-state index contributed by atoms with van der Waals surface area (Å²) in [4.78, 5) is 12.1. The minimum atomic E-state index is -0.201. The molecule has 2 heterocycles. The molecule has 6 heteroatoms. The summed E-state index contributed by atoms with van der Waals surface area (Å²) in [5, 5.41) is 10.9. The molecular weight excluding hydrogens is 244 g/mol. The fraction of sp³-hybridized carbons (Fsp3) is 0.462. The predicted octanol–water partition coefficient (Wildman–Crippen LogP) is 2.58. The fourth-order valence-corrected chi connectivity index (χ4v) is 1.74. The van der Waals surface area contributed by atoms with E-state index in [1.165, 1.54) is 0 Å². The number of hydrogen-bond acceptors (Lipinski definition) is 4. The maximum atomic E-state index is 12.1. The first-order chi connectivity index (χ1) is 9.02. The number of anilines is 1. The van der Waals surface area contributed by atoms with Gasteiger partial charge in [0.05, 0.1) is 11.8 Å². The van der Waals surface area contributed by atoms with E-state index < -0.39 is 0 Å². The van der Waals surface area contributed by atoms with Crippen LogP contribution in [0.1, 0.15) is 48.6 Å². The third-order valence-corrected chi connectivity index (χ3v) is 2.90. The second kappa shape index (κ2) is 5.26. The fourth-order valence-electron chi connectivity index (χ4n) is 1.74. The van der Waals surface area contributed by atoms with Gasteiger partial charge in [0.15, 0.2) is 5.76 Å². The Hall–Kier alpha value is -2.11. The first-order valence-electron chi connectivity index (χ1n) is 6.33. The summed E-state index contributed by atoms with van der Waals surface area (Å²) in [6.07, 6.45) is 4.00. The minimum Gasteiger partial charge on any atom is -0.359 e. The summed E-state index contributed by atoms with van der Waals surface area (Å²) in [7, 11) is 0. The van der Waals surface area contributed by atoms with Gasteiger partial charge in [0.25, 0.3) is 5.91 Å². The number of amides is 1. The molecule has 0 fully saturated rings. The summed E-state index contributed by atoms with van der Waals surface area (Å²) in [5.41, 5.74) is 1.93. The molecule has 0 aliphatic carbocycles. The third kappa shape index (κ3) is 2.67. The highest BCUT2D eigenvalue weighted by Gasteiger charge is 2.16. The normalized spacial score (nSPS) is 11.0. The number of carbonyl (C=O) groups is 1. The second-order valence-electron chi connectivity index (χ2n) is 4.67. The highest BCUT2D eigenvalue weighted by Crippen LogP contribution is 2.21. The molecule has 0 bridgehead atoms. The zero-order valence-electron chi connectivity index (χ0n) is 11.6. The molecule has 0 saturated carbocycles. The van der Waals surface area contributed by atoms with Crippen LogP contribution in [0.5, 0.6) is 0 Å². The third-order valence-electron chi connectivity index (χ3n) is 2.90. The van der Waals surface area contributed by atoms with Crippen molar-refractivity contribution < 1.29 is 9.32 Å². The lowest BCUT2D eigenvalue weighted by Gasteiger charge is -2.04. The number of aromatic nitrogens is 3. The summed E-state index contributed by atoms with van der Waals surface area (Å²) >= 11 is 0. The lowest BCUT2D eigenvalue weighted by Crippen LogP contribution is -2.12. The Labute approximate surface area is 111 Å². The highest BCUT2D eigenvalue weighted by atomic mass is 16.5. The Morgan fingerprint density at radius 1 is 1.53 bits per heavy atom. The lowest BCUT2D eigenvalue weighted by atomic mass is 10.2. The van der Waals surface area contributed by atoms with E-state index in [1.807, 2.05) is 20.8 Å². The smallest absolute Gasteiger partial charge is 0.258 e. The summed E-state index contributed by atoms with van der Waals surface area (Å²) in [6, 6.07) is 0.227. The first kappa shape index (κ1) is 13.3. The molecule has 102 valence electrons. The van der Waals surface area contributed by atoms with E-state index >= 15 is 0 Å². The Kier molecular flexibility index (Phi) is 3.69. The molecule has 0 saturated heterocycles. The van der Waals surface area contributed by atoms with Crippen molar-refractivity contribution in [2.24, 2.45) is 0 Å². The molecule has 2 rings (SSSR count). The average Bonchev–Trinajstić information content (AvgIpc) is 2.97. The Balaban J connectivity index is 2.18. The number of nitrogens with zero attached hydrogens (tertiary/aromatic N) is 3. The Morgan fingerprint density at radius 2 is 2.26 bits per heavy atom. The van der Waals surface area contributed by atoms with Crippen LogP contribution < -0.4 is 5.32 Å². The van der Waals surface area contributed by atoms with E-state index in [4.69, 9.17) is 4.52 Å². The van der Waals surface area contributed by atoms with Crippen LogP contribution in [-0.2, 0) is 6.42 Å². The Bertz CT molecular complexity index is 583. The molecule has 6 nitrogen and oxygen atoms in total. The molecule has 0 spiro atoms. The van der Waals surface area contributed by atoms with Crippen molar-refractivity contribution in [1.29, 1.82) is 0 Å². The maximum Gasteiger partial charge on any atom is 0.258 e. The molecule has 1 amide bonds. The zero-order chi connectivity index (χ0) is 14.0. The van der Waals surface area contributed by atoms with Gasteiger partial charge in [0.2, 0.25) is 0 Å². The van der Waals surface area contributed by atoms with Crippen molar-refractivity contribution in [1.82, 2.24) is 14.9 Å². The molecule has 0 atom stereocenters. The van der Waals surface area contributed by atoms with Gasteiger partial charge in [-0.25, -0.2) is 0 Å². The molecule has 0 radical (unpaired) electrons. The van der Waals surface area contributed by atoms with Crippen LogP contribution in [0.3, 0.4) is 0 Å². The molecule has 0 aliphatic rings. The van der Waals surface area contributed by atoms with Crippen LogP contribution in [0.25, 0.3) is 0 Å². The van der Waals surface area contributed by atoms with E-state index in [9.17, 15) is 4.79 Å². The van der Waals surface area contributed by atoms with Gasteiger partial charge in [-0.15, -0.1) is 0 Å². The van der Waals surface area contributed by atoms with Gasteiger partial charge in [0.1, 0.15) is 11.4 Å². The van der Waals surface area contributed by atoms with Gasteiger partial charge in [0, 0.05) is 12.2 Å². The van der Waals surface area contributed by atoms with Gasteiger partial charge in [-0.05, 0) is 27.2 Å². The largest absolute Gasteiger partial charge is 0.359 e. The lowest BCUT2D eigenvalue weighted by molar-refractivity contribution is 0.102. The van der Waals surface area contributed by atoms with Crippen LogP contribution in [-0.4, -0.2) is 20.8 Å². The van der Waals surface area contributed by atoms with E-state index in [0.717, 1.165) is 5.69 Å². The molecule has 2 aromatic rings. The van der Waals surface area contributed by atoms with Crippen molar-refractivity contribution in [2.75, 3.05) is 5.32 Å². The minimum absolute atomic E-state index is 0.201. The number of carbonyl (C=O) groups excluding carboxylic acids is 1. The van der Waals surface area contributed by atoms with Gasteiger partial charge in [-0.3, -0.25) is 9.48 Å². The van der Waals surface area contributed by atoms with Crippen molar-refractivity contribution >= 4 is 11.6 Å². The van der Waals surface area contributed by atoms with Crippen LogP contribution in [0.4, 0.5) is 5.69 Å². The summed E-state index contributed by atoms with van der Waals surface area (Å²) in [5.74, 6) is 0.411. The number of rotatable bonds is 4. The molecule has 2 aromatic heterocycles. The zero-order valence-corrected chi connectivity index (χ0v) is 11.6. The maximum absolute atomic E-state index is 12.1. The number of nitrogens with one attached hydrogen (secondary N) is 1. The van der Waals surface area contributed by atoms with E-state index in [0.29, 0.717) is 23.4 Å². The molecule has 0 aromatic carbocycles. The second-order valence-corrected chi connectivity index (χ2v) is 4.67. The van der Waals surface area contributed by atoms with Gasteiger partial charge >= 0.3 is 0 Å². The van der Waals surface area contributed by atoms with Crippen molar-refractivity contribution in [2.45, 2.75) is 40.2 Å². The summed E-state index contributed by atoms with van der Waals surface area (Å²) in [6.45, 7) is 7.76. The standard InChI is InChI=1S/C13H18N4O2/c1-5-11-12(9(4)19-16-11)15-13(18)10-6-14-17(7-10)8(2)3/h6-8H,5H2,1-4H3,(H,15,18). The monoisotopic (exact) mass is 262 g/mol. The quantitative estimate of drug-likeness (QED) is 0.919. The molecular formula is C13H18N4O2. The van der Waals surface area contributed by atoms with Crippen molar-refractivity contribution in [3.63, 3.8) is 0 Å². The van der Waals surface area contributed by atoms with Crippen LogP contribution >= 0.6 is 0 Å². The van der Waals surface area contributed by atoms with Crippen molar-refractivity contribution in [3.05, 3.63) is 29.4 Å². The molecule has 0 unspecified atom stereocenters. The SMILES string of the molecule is CCc1noc(C)c1NC(=O)c1cnn(C(C)C)c1. The number of aryl methyl sites for hydroxylation is 2. The van der Waals surface area contributed by atoms with Gasteiger partial charge in [-0.1, -0.05) is 12.1 Å². The topological polar surface area (TPSA) is 73.0 Å². The molecule has 19 heavy (non-hydrogen) atoms.